The lowest BCUT2D eigenvalue weighted by molar-refractivity contribution is -0.118. The van der Waals surface area contributed by atoms with Gasteiger partial charge in [-0.05, 0) is 62.4 Å². The van der Waals surface area contributed by atoms with Crippen molar-refractivity contribution in [3.05, 3.63) is 70.8 Å². The number of nitrogens with zero attached hydrogens (tertiary/aromatic N) is 1. The van der Waals surface area contributed by atoms with E-state index in [0.717, 1.165) is 48.3 Å². The van der Waals surface area contributed by atoms with Gasteiger partial charge in [0.05, 0.1) is 11.5 Å². The molecule has 1 heterocycles. The molecule has 0 bridgehead atoms. The van der Waals surface area contributed by atoms with Gasteiger partial charge < -0.3 is 15.7 Å². The van der Waals surface area contributed by atoms with E-state index in [9.17, 15) is 14.7 Å². The molecule has 0 aliphatic carbocycles. The molecule has 2 aromatic rings. The number of rotatable bonds is 6. The SMILES string of the molecule is CC(C)=C(c1ccccc1N1CCCCC1)C(C(N)=O)c1ccc(C(=O)O)cc1. The smallest absolute Gasteiger partial charge is 0.335 e. The fourth-order valence-corrected chi connectivity index (χ4v) is 4.12. The third-order valence-electron chi connectivity index (χ3n) is 5.49. The predicted molar refractivity (Wildman–Crippen MR) is 116 cm³/mol. The van der Waals surface area contributed by atoms with Crippen LogP contribution in [0.2, 0.25) is 0 Å². The highest BCUT2D eigenvalue weighted by atomic mass is 16.4. The van der Waals surface area contributed by atoms with Gasteiger partial charge in [-0.3, -0.25) is 4.79 Å². The lowest BCUT2D eigenvalue weighted by atomic mass is 9.82. The number of primary amides is 1. The van der Waals surface area contributed by atoms with Crippen LogP contribution in [0.5, 0.6) is 0 Å². The maximum absolute atomic E-state index is 12.6. The first-order valence-electron chi connectivity index (χ1n) is 10.0. The van der Waals surface area contributed by atoms with Crippen LogP contribution in [0, 0.1) is 0 Å². The van der Waals surface area contributed by atoms with Crippen LogP contribution in [0.4, 0.5) is 5.69 Å². The van der Waals surface area contributed by atoms with Gasteiger partial charge in [0.2, 0.25) is 5.91 Å². The Morgan fingerprint density at radius 1 is 0.966 bits per heavy atom. The molecule has 1 amide bonds. The van der Waals surface area contributed by atoms with Crippen LogP contribution in [0.1, 0.15) is 60.5 Å². The second kappa shape index (κ2) is 8.95. The van der Waals surface area contributed by atoms with E-state index in [1.807, 2.05) is 32.0 Å². The van der Waals surface area contributed by atoms with Gasteiger partial charge in [-0.15, -0.1) is 0 Å². The molecule has 2 aromatic carbocycles. The molecule has 3 N–H and O–H groups in total. The van der Waals surface area contributed by atoms with Gasteiger partial charge in [-0.1, -0.05) is 35.9 Å². The van der Waals surface area contributed by atoms with Gasteiger partial charge in [0.1, 0.15) is 0 Å². The molecule has 1 aliphatic heterocycles. The highest BCUT2D eigenvalue weighted by Crippen LogP contribution is 2.39. The highest BCUT2D eigenvalue weighted by Gasteiger charge is 2.28. The lowest BCUT2D eigenvalue weighted by Gasteiger charge is -2.32. The molecule has 1 aliphatic rings. The fourth-order valence-electron chi connectivity index (χ4n) is 4.12. The average Bonchev–Trinajstić information content (AvgIpc) is 2.72. The summed E-state index contributed by atoms with van der Waals surface area (Å²) in [7, 11) is 0. The molecule has 5 heteroatoms. The minimum absolute atomic E-state index is 0.185. The summed E-state index contributed by atoms with van der Waals surface area (Å²) in [6, 6.07) is 14.6. The molecule has 1 fully saturated rings. The van der Waals surface area contributed by atoms with E-state index in [1.165, 1.54) is 18.6 Å². The third kappa shape index (κ3) is 4.50. The molecule has 5 nitrogen and oxygen atoms in total. The number of nitrogens with two attached hydrogens (primary N) is 1. The van der Waals surface area contributed by atoms with Crippen molar-refractivity contribution in [2.75, 3.05) is 18.0 Å². The first-order chi connectivity index (χ1) is 13.9. The molecular weight excluding hydrogens is 364 g/mol. The minimum Gasteiger partial charge on any atom is -0.478 e. The van der Waals surface area contributed by atoms with Gasteiger partial charge in [0.15, 0.2) is 0 Å². The van der Waals surface area contributed by atoms with Crippen molar-refractivity contribution in [1.82, 2.24) is 0 Å². The second-order valence-electron chi connectivity index (χ2n) is 7.74. The Hall–Kier alpha value is -3.08. The summed E-state index contributed by atoms with van der Waals surface area (Å²) in [4.78, 5) is 26.2. The summed E-state index contributed by atoms with van der Waals surface area (Å²) in [6.45, 7) is 5.98. The molecule has 3 rings (SSSR count). The standard InChI is InChI=1S/C24H28N2O3/c1-16(2)21(19-8-4-5-9-20(19)26-14-6-3-7-15-26)22(23(25)27)17-10-12-18(13-11-17)24(28)29/h4-5,8-13,22H,3,6-7,14-15H2,1-2H3,(H2,25,27)(H,28,29). The first kappa shape index (κ1) is 20.6. The number of carbonyl (C=O) groups is 2. The number of aromatic carboxylic acids is 1. The number of piperidine rings is 1. The Bertz CT molecular complexity index is 921. The number of anilines is 1. The van der Waals surface area contributed by atoms with Crippen molar-refractivity contribution in [2.24, 2.45) is 5.73 Å². The zero-order valence-electron chi connectivity index (χ0n) is 17.0. The lowest BCUT2D eigenvalue weighted by Crippen LogP contribution is -2.31. The van der Waals surface area contributed by atoms with E-state index in [1.54, 1.807) is 12.1 Å². The van der Waals surface area contributed by atoms with Crippen molar-refractivity contribution >= 4 is 23.1 Å². The van der Waals surface area contributed by atoms with Gasteiger partial charge in [-0.25, -0.2) is 4.79 Å². The van der Waals surface area contributed by atoms with Gasteiger partial charge in [0, 0.05) is 24.3 Å². The first-order valence-corrected chi connectivity index (χ1v) is 10.0. The normalized spacial score (nSPS) is 14.9. The molecule has 0 aromatic heterocycles. The molecule has 1 atom stereocenters. The average molecular weight is 392 g/mol. The summed E-state index contributed by atoms with van der Waals surface area (Å²) in [5.74, 6) is -2.09. The van der Waals surface area contributed by atoms with E-state index in [4.69, 9.17) is 5.73 Å². The quantitative estimate of drug-likeness (QED) is 0.761. The molecule has 152 valence electrons. The van der Waals surface area contributed by atoms with E-state index in [2.05, 4.69) is 11.0 Å². The van der Waals surface area contributed by atoms with Crippen LogP contribution in [-0.4, -0.2) is 30.1 Å². The summed E-state index contributed by atoms with van der Waals surface area (Å²) in [5.41, 5.74) is 10.8. The molecule has 1 unspecified atom stereocenters. The Labute approximate surface area is 171 Å². The number of carboxylic acids is 1. The summed E-state index contributed by atoms with van der Waals surface area (Å²) < 4.78 is 0. The van der Waals surface area contributed by atoms with Gasteiger partial charge in [0.25, 0.3) is 0 Å². The fraction of sp³-hybridized carbons (Fsp3) is 0.333. The number of hydrogen-bond acceptors (Lipinski definition) is 3. The predicted octanol–water partition coefficient (Wildman–Crippen LogP) is 4.44. The van der Waals surface area contributed by atoms with Crippen LogP contribution in [-0.2, 0) is 4.79 Å². The molecule has 0 spiro atoms. The largest absolute Gasteiger partial charge is 0.478 e. The molecular formula is C24H28N2O3. The van der Waals surface area contributed by atoms with E-state index in [0.29, 0.717) is 5.56 Å². The summed E-state index contributed by atoms with van der Waals surface area (Å²) in [6.07, 6.45) is 3.57. The number of benzene rings is 2. The monoisotopic (exact) mass is 392 g/mol. The number of carbonyl (C=O) groups excluding carboxylic acids is 1. The maximum Gasteiger partial charge on any atom is 0.335 e. The van der Waals surface area contributed by atoms with Crippen LogP contribution < -0.4 is 10.6 Å². The van der Waals surface area contributed by atoms with Crippen molar-refractivity contribution in [2.45, 2.75) is 39.0 Å². The number of para-hydroxylation sites is 1. The maximum atomic E-state index is 12.6. The van der Waals surface area contributed by atoms with Crippen molar-refractivity contribution in [3.63, 3.8) is 0 Å². The number of allylic oxidation sites excluding steroid dienone is 1. The zero-order valence-corrected chi connectivity index (χ0v) is 17.0. The Morgan fingerprint density at radius 2 is 1.59 bits per heavy atom. The number of amides is 1. The zero-order chi connectivity index (χ0) is 21.0. The van der Waals surface area contributed by atoms with E-state index in [-0.39, 0.29) is 5.56 Å². The van der Waals surface area contributed by atoms with Crippen molar-refractivity contribution < 1.29 is 14.7 Å². The second-order valence-corrected chi connectivity index (χ2v) is 7.74. The van der Waals surface area contributed by atoms with Crippen LogP contribution in [0.15, 0.2) is 54.1 Å². The highest BCUT2D eigenvalue weighted by molar-refractivity contribution is 5.99. The topological polar surface area (TPSA) is 83.6 Å². The number of hydrogen-bond donors (Lipinski definition) is 2. The molecule has 29 heavy (non-hydrogen) atoms. The van der Waals surface area contributed by atoms with Crippen molar-refractivity contribution in [3.8, 4) is 0 Å². The van der Waals surface area contributed by atoms with Gasteiger partial charge in [-0.2, -0.15) is 0 Å². The molecule has 0 saturated carbocycles. The number of carboxylic acid groups (broad SMARTS) is 1. The van der Waals surface area contributed by atoms with Crippen molar-refractivity contribution in [1.29, 1.82) is 0 Å². The van der Waals surface area contributed by atoms with E-state index < -0.39 is 17.8 Å². The van der Waals surface area contributed by atoms with Crippen LogP contribution in [0.3, 0.4) is 0 Å². The Balaban J connectivity index is 2.10. The Kier molecular flexibility index (Phi) is 6.37. The van der Waals surface area contributed by atoms with E-state index >= 15 is 0 Å². The van der Waals surface area contributed by atoms with Gasteiger partial charge >= 0.3 is 5.97 Å². The molecule has 1 saturated heterocycles. The van der Waals surface area contributed by atoms with Crippen LogP contribution >= 0.6 is 0 Å². The van der Waals surface area contributed by atoms with Crippen LogP contribution in [0.25, 0.3) is 5.57 Å². The minimum atomic E-state index is -0.995. The molecule has 0 radical (unpaired) electrons. The summed E-state index contributed by atoms with van der Waals surface area (Å²) >= 11 is 0. The third-order valence-corrected chi connectivity index (χ3v) is 5.49. The Morgan fingerprint density at radius 3 is 2.14 bits per heavy atom. The summed E-state index contributed by atoms with van der Waals surface area (Å²) in [5, 5.41) is 9.17.